The summed E-state index contributed by atoms with van der Waals surface area (Å²) >= 11 is 0. The van der Waals surface area contributed by atoms with Crippen LogP contribution in [0.2, 0.25) is 0 Å². The van der Waals surface area contributed by atoms with Gasteiger partial charge in [0, 0.05) is 5.69 Å². The summed E-state index contributed by atoms with van der Waals surface area (Å²) in [6, 6.07) is 4.42. The van der Waals surface area contributed by atoms with Crippen LogP contribution in [0, 0.1) is 12.8 Å². The second-order valence-corrected chi connectivity index (χ2v) is 5.48. The molecule has 1 aromatic carbocycles. The molecule has 2 unspecified atom stereocenters. The Balaban J connectivity index is 1.98. The predicted molar refractivity (Wildman–Crippen MR) is 74.7 cm³/mol. The van der Waals surface area contributed by atoms with Crippen molar-refractivity contribution < 1.29 is 27.8 Å². The molecule has 0 aromatic heterocycles. The van der Waals surface area contributed by atoms with E-state index in [0.29, 0.717) is 24.1 Å². The van der Waals surface area contributed by atoms with E-state index in [9.17, 15) is 23.1 Å². The number of aliphatic hydroxyl groups is 1. The molecule has 2 N–H and O–H groups in total. The molecule has 1 amide bonds. The molecule has 0 heterocycles. The highest BCUT2D eigenvalue weighted by molar-refractivity contribution is 5.93. The number of ether oxygens (including phenoxy) is 1. The Morgan fingerprint density at radius 3 is 2.68 bits per heavy atom. The molecule has 122 valence electrons. The third-order valence-electron chi connectivity index (χ3n) is 3.65. The van der Waals surface area contributed by atoms with Crippen LogP contribution in [0.5, 0.6) is 5.75 Å². The molecule has 7 heteroatoms. The monoisotopic (exact) mass is 317 g/mol. The molecule has 0 saturated heterocycles. The van der Waals surface area contributed by atoms with Crippen LogP contribution in [0.3, 0.4) is 0 Å². The summed E-state index contributed by atoms with van der Waals surface area (Å²) in [6.07, 6.45) is -2.96. The highest BCUT2D eigenvalue weighted by Crippen LogP contribution is 2.28. The van der Waals surface area contributed by atoms with Crippen LogP contribution in [0.15, 0.2) is 18.2 Å². The molecule has 1 saturated carbocycles. The number of aliphatic hydroxyl groups excluding tert-OH is 1. The average molecular weight is 317 g/mol. The Bertz CT molecular complexity index is 545. The molecule has 4 nitrogen and oxygen atoms in total. The molecule has 1 aliphatic rings. The Hall–Kier alpha value is -1.76. The van der Waals surface area contributed by atoms with Crippen molar-refractivity contribution >= 4 is 11.6 Å². The maximum Gasteiger partial charge on any atom is 0.422 e. The maximum atomic E-state index is 12.1. The summed E-state index contributed by atoms with van der Waals surface area (Å²) in [7, 11) is 0. The zero-order valence-corrected chi connectivity index (χ0v) is 12.1. The van der Waals surface area contributed by atoms with Gasteiger partial charge in [-0.2, -0.15) is 13.2 Å². The van der Waals surface area contributed by atoms with E-state index in [2.05, 4.69) is 5.32 Å². The smallest absolute Gasteiger partial charge is 0.422 e. The third kappa shape index (κ3) is 4.37. The first-order valence-corrected chi connectivity index (χ1v) is 7.05. The first kappa shape index (κ1) is 16.6. The van der Waals surface area contributed by atoms with Crippen molar-refractivity contribution in [3.63, 3.8) is 0 Å². The van der Waals surface area contributed by atoms with E-state index in [-0.39, 0.29) is 11.7 Å². The number of nitrogens with one attached hydrogen (secondary N) is 1. The molecule has 0 spiro atoms. The van der Waals surface area contributed by atoms with Gasteiger partial charge in [-0.3, -0.25) is 4.79 Å². The number of amides is 1. The van der Waals surface area contributed by atoms with Crippen molar-refractivity contribution in [1.82, 2.24) is 0 Å². The number of halogens is 3. The van der Waals surface area contributed by atoms with Crippen LogP contribution in [0.1, 0.15) is 24.8 Å². The summed E-state index contributed by atoms with van der Waals surface area (Å²) < 4.78 is 41.1. The number of alkyl halides is 3. The SMILES string of the molecule is Cc1cc(NC(=O)C2CCCC2O)ccc1OCC(F)(F)F. The Morgan fingerprint density at radius 1 is 1.41 bits per heavy atom. The van der Waals surface area contributed by atoms with Crippen LogP contribution in [-0.2, 0) is 4.79 Å². The molecule has 1 aliphatic carbocycles. The third-order valence-corrected chi connectivity index (χ3v) is 3.65. The summed E-state index contributed by atoms with van der Waals surface area (Å²) in [6.45, 7) is 0.250. The lowest BCUT2D eigenvalue weighted by Gasteiger charge is -2.16. The Kier molecular flexibility index (Phi) is 4.95. The van der Waals surface area contributed by atoms with Crippen LogP contribution < -0.4 is 10.1 Å². The van der Waals surface area contributed by atoms with Gasteiger partial charge >= 0.3 is 6.18 Å². The maximum absolute atomic E-state index is 12.1. The highest BCUT2D eigenvalue weighted by Gasteiger charge is 2.31. The second kappa shape index (κ2) is 6.56. The van der Waals surface area contributed by atoms with E-state index < -0.39 is 24.8 Å². The standard InChI is InChI=1S/C15H18F3NO3/c1-9-7-10(5-6-13(9)22-8-15(16,17)18)19-14(21)11-3-2-4-12(11)20/h5-7,11-12,20H,2-4,8H2,1H3,(H,19,21). The number of carbonyl (C=O) groups excluding carboxylic acids is 1. The molecule has 1 fully saturated rings. The first-order valence-electron chi connectivity index (χ1n) is 7.05. The van der Waals surface area contributed by atoms with Gasteiger partial charge in [0.25, 0.3) is 0 Å². The molecule has 2 atom stereocenters. The zero-order chi connectivity index (χ0) is 16.3. The van der Waals surface area contributed by atoms with Gasteiger partial charge < -0.3 is 15.2 Å². The quantitative estimate of drug-likeness (QED) is 0.897. The minimum absolute atomic E-state index is 0.122. The van der Waals surface area contributed by atoms with Crippen LogP contribution in [0.4, 0.5) is 18.9 Å². The Morgan fingerprint density at radius 2 is 2.14 bits per heavy atom. The second-order valence-electron chi connectivity index (χ2n) is 5.48. The van der Waals surface area contributed by atoms with Gasteiger partial charge in [-0.05, 0) is 49.9 Å². The topological polar surface area (TPSA) is 58.6 Å². The summed E-state index contributed by atoms with van der Waals surface area (Å²) in [4.78, 5) is 12.0. The van der Waals surface area contributed by atoms with Crippen LogP contribution in [-0.4, -0.2) is 29.9 Å². The van der Waals surface area contributed by atoms with Gasteiger partial charge in [-0.25, -0.2) is 0 Å². The van der Waals surface area contributed by atoms with Gasteiger partial charge in [0.2, 0.25) is 5.91 Å². The van der Waals surface area contributed by atoms with Gasteiger partial charge in [0.05, 0.1) is 12.0 Å². The number of anilines is 1. The number of hydrogen-bond donors (Lipinski definition) is 2. The lowest BCUT2D eigenvalue weighted by Crippen LogP contribution is -2.28. The molecular weight excluding hydrogens is 299 g/mol. The fourth-order valence-corrected chi connectivity index (χ4v) is 2.53. The number of hydrogen-bond acceptors (Lipinski definition) is 3. The molecule has 1 aromatic rings. The lowest BCUT2D eigenvalue weighted by molar-refractivity contribution is -0.153. The van der Waals surface area contributed by atoms with Crippen LogP contribution in [0.25, 0.3) is 0 Å². The molecule has 22 heavy (non-hydrogen) atoms. The molecule has 0 radical (unpaired) electrons. The fraction of sp³-hybridized carbons (Fsp3) is 0.533. The highest BCUT2D eigenvalue weighted by atomic mass is 19.4. The van der Waals surface area contributed by atoms with Gasteiger partial charge in [0.15, 0.2) is 6.61 Å². The number of carbonyl (C=O) groups is 1. The summed E-state index contributed by atoms with van der Waals surface area (Å²) in [5.74, 6) is -0.578. The summed E-state index contributed by atoms with van der Waals surface area (Å²) in [5.41, 5.74) is 0.968. The van der Waals surface area contributed by atoms with Gasteiger partial charge in [-0.15, -0.1) is 0 Å². The van der Waals surface area contributed by atoms with Crippen molar-refractivity contribution in [3.8, 4) is 5.75 Å². The number of aryl methyl sites for hydroxylation is 1. The number of rotatable bonds is 4. The van der Waals surface area contributed by atoms with E-state index in [4.69, 9.17) is 4.74 Å². The van der Waals surface area contributed by atoms with E-state index >= 15 is 0 Å². The molecule has 0 bridgehead atoms. The molecule has 2 rings (SSSR count). The summed E-state index contributed by atoms with van der Waals surface area (Å²) in [5, 5.41) is 12.4. The van der Waals surface area contributed by atoms with E-state index in [1.54, 1.807) is 13.0 Å². The average Bonchev–Trinajstić information content (AvgIpc) is 2.83. The molecule has 0 aliphatic heterocycles. The van der Waals surface area contributed by atoms with E-state index in [1.165, 1.54) is 12.1 Å². The zero-order valence-electron chi connectivity index (χ0n) is 12.1. The van der Waals surface area contributed by atoms with Gasteiger partial charge in [0.1, 0.15) is 5.75 Å². The van der Waals surface area contributed by atoms with Crippen molar-refractivity contribution in [2.45, 2.75) is 38.5 Å². The van der Waals surface area contributed by atoms with Gasteiger partial charge in [-0.1, -0.05) is 0 Å². The Labute approximate surface area is 126 Å². The lowest BCUT2D eigenvalue weighted by atomic mass is 10.0. The van der Waals surface area contributed by atoms with Crippen LogP contribution >= 0.6 is 0 Å². The minimum atomic E-state index is -4.39. The normalized spacial score (nSPS) is 21.7. The van der Waals surface area contributed by atoms with Crippen molar-refractivity contribution in [2.75, 3.05) is 11.9 Å². The largest absolute Gasteiger partial charge is 0.484 e. The van der Waals surface area contributed by atoms with Crippen molar-refractivity contribution in [3.05, 3.63) is 23.8 Å². The van der Waals surface area contributed by atoms with Crippen molar-refractivity contribution in [1.29, 1.82) is 0 Å². The minimum Gasteiger partial charge on any atom is -0.484 e. The van der Waals surface area contributed by atoms with E-state index in [1.807, 2.05) is 0 Å². The van der Waals surface area contributed by atoms with Crippen molar-refractivity contribution in [2.24, 2.45) is 5.92 Å². The molecular formula is C15H18F3NO3. The fourth-order valence-electron chi connectivity index (χ4n) is 2.53. The van der Waals surface area contributed by atoms with E-state index in [0.717, 1.165) is 6.42 Å². The number of benzene rings is 1. The first-order chi connectivity index (χ1) is 10.3. The predicted octanol–water partition coefficient (Wildman–Crippen LogP) is 3.04.